The van der Waals surface area contributed by atoms with Crippen molar-refractivity contribution in [2.45, 2.75) is 39.3 Å². The molecule has 35 heavy (non-hydrogen) atoms. The van der Waals surface area contributed by atoms with Crippen molar-refractivity contribution in [2.75, 3.05) is 14.2 Å². The second-order valence-electron chi connectivity index (χ2n) is 8.80. The number of nitrogens with zero attached hydrogens (tertiary/aromatic N) is 1. The largest absolute Gasteiger partial charge is 0.507 e. The Labute approximate surface area is 204 Å². The van der Waals surface area contributed by atoms with Crippen LogP contribution in [0.5, 0.6) is 11.5 Å². The van der Waals surface area contributed by atoms with E-state index in [0.717, 1.165) is 11.1 Å². The van der Waals surface area contributed by atoms with Crippen LogP contribution >= 0.6 is 0 Å². The molecular weight excluding hydrogens is 446 g/mol. The van der Waals surface area contributed by atoms with Crippen molar-refractivity contribution >= 4 is 17.4 Å². The number of likely N-dealkylation sites (tertiary alicyclic amines) is 1. The average Bonchev–Trinajstić information content (AvgIpc) is 3.39. The Morgan fingerprint density at radius 1 is 1.03 bits per heavy atom. The van der Waals surface area contributed by atoms with Gasteiger partial charge in [-0.1, -0.05) is 32.0 Å². The molecule has 1 atom stereocenters. The van der Waals surface area contributed by atoms with Crippen LogP contribution < -0.4 is 9.47 Å². The number of aryl methyl sites for hydroxylation is 1. The summed E-state index contributed by atoms with van der Waals surface area (Å²) in [4.78, 5) is 28.0. The van der Waals surface area contributed by atoms with Gasteiger partial charge in [0.25, 0.3) is 11.7 Å². The number of para-hydroxylation sites is 1. The van der Waals surface area contributed by atoms with E-state index in [1.165, 1.54) is 4.90 Å². The van der Waals surface area contributed by atoms with Gasteiger partial charge in [-0.2, -0.15) is 0 Å². The molecular formula is C28H29NO6. The first kappa shape index (κ1) is 24.1. The summed E-state index contributed by atoms with van der Waals surface area (Å²) in [6, 6.07) is 15.1. The number of furan rings is 1. The van der Waals surface area contributed by atoms with E-state index in [4.69, 9.17) is 13.9 Å². The van der Waals surface area contributed by atoms with E-state index in [1.807, 2.05) is 32.0 Å². The van der Waals surface area contributed by atoms with Crippen LogP contribution in [0.1, 0.15) is 54.0 Å². The number of hydrogen-bond acceptors (Lipinski definition) is 6. The van der Waals surface area contributed by atoms with Crippen molar-refractivity contribution < 1.29 is 28.6 Å². The van der Waals surface area contributed by atoms with Crippen LogP contribution in [0.4, 0.5) is 0 Å². The summed E-state index contributed by atoms with van der Waals surface area (Å²) in [6.45, 7) is 5.92. The van der Waals surface area contributed by atoms with E-state index in [-0.39, 0.29) is 23.8 Å². The molecule has 3 aromatic rings. The van der Waals surface area contributed by atoms with Gasteiger partial charge in [0.2, 0.25) is 0 Å². The van der Waals surface area contributed by atoms with E-state index in [1.54, 1.807) is 57.5 Å². The molecule has 7 nitrogen and oxygen atoms in total. The minimum absolute atomic E-state index is 0.0147. The predicted octanol–water partition coefficient (Wildman–Crippen LogP) is 5.35. The number of amides is 1. The third kappa shape index (κ3) is 4.41. The number of aliphatic hydroxyl groups excluding tert-OH is 1. The van der Waals surface area contributed by atoms with Crippen molar-refractivity contribution in [1.82, 2.24) is 4.90 Å². The zero-order valence-corrected chi connectivity index (χ0v) is 20.5. The summed E-state index contributed by atoms with van der Waals surface area (Å²) < 4.78 is 16.8. The fourth-order valence-corrected chi connectivity index (χ4v) is 4.44. The zero-order valence-electron chi connectivity index (χ0n) is 20.5. The van der Waals surface area contributed by atoms with Crippen LogP contribution in [0.15, 0.2) is 64.6 Å². The third-order valence-corrected chi connectivity index (χ3v) is 6.23. The van der Waals surface area contributed by atoms with E-state index < -0.39 is 17.7 Å². The van der Waals surface area contributed by atoms with Crippen molar-refractivity contribution in [3.8, 4) is 11.5 Å². The molecule has 1 N–H and O–H groups in total. The highest BCUT2D eigenvalue weighted by Gasteiger charge is 2.47. The number of methoxy groups -OCH3 is 2. The molecule has 0 saturated carbocycles. The first-order chi connectivity index (χ1) is 16.8. The second-order valence-corrected chi connectivity index (χ2v) is 8.80. The highest BCUT2D eigenvalue weighted by molar-refractivity contribution is 6.46. The molecule has 182 valence electrons. The second kappa shape index (κ2) is 9.70. The SMILES string of the molecule is COc1ccccc1CN1C(=O)C(=O)/C(=C(/O)c2ccc(OC)c(C(C)C)c2)C1c1ccc(C)o1. The first-order valence-electron chi connectivity index (χ1n) is 11.4. The molecule has 7 heteroatoms. The Morgan fingerprint density at radius 2 is 1.74 bits per heavy atom. The lowest BCUT2D eigenvalue weighted by atomic mass is 9.95. The van der Waals surface area contributed by atoms with Gasteiger partial charge in [-0.3, -0.25) is 9.59 Å². The Bertz CT molecular complexity index is 1300. The van der Waals surface area contributed by atoms with Crippen molar-refractivity contribution in [3.63, 3.8) is 0 Å². The summed E-state index contributed by atoms with van der Waals surface area (Å²) in [5.74, 6) is 0.702. The summed E-state index contributed by atoms with van der Waals surface area (Å²) >= 11 is 0. The van der Waals surface area contributed by atoms with Gasteiger partial charge in [-0.15, -0.1) is 0 Å². The van der Waals surface area contributed by atoms with E-state index in [2.05, 4.69) is 0 Å². The number of aliphatic hydroxyl groups is 1. The molecule has 1 fully saturated rings. The number of rotatable bonds is 7. The van der Waals surface area contributed by atoms with Crippen molar-refractivity contribution in [1.29, 1.82) is 0 Å². The smallest absolute Gasteiger partial charge is 0.296 e. The maximum atomic E-state index is 13.3. The van der Waals surface area contributed by atoms with Crippen LogP contribution in [-0.4, -0.2) is 35.9 Å². The Balaban J connectivity index is 1.87. The summed E-state index contributed by atoms with van der Waals surface area (Å²) in [7, 11) is 3.14. The Kier molecular flexibility index (Phi) is 6.69. The minimum atomic E-state index is -0.891. The summed E-state index contributed by atoms with van der Waals surface area (Å²) in [5, 5.41) is 11.4. The minimum Gasteiger partial charge on any atom is -0.507 e. The predicted molar refractivity (Wildman–Crippen MR) is 131 cm³/mol. The van der Waals surface area contributed by atoms with Crippen molar-refractivity contribution in [3.05, 3.63) is 88.4 Å². The summed E-state index contributed by atoms with van der Waals surface area (Å²) in [5.41, 5.74) is 2.03. The monoisotopic (exact) mass is 475 g/mol. The number of carbonyl (C=O) groups is 2. The van der Waals surface area contributed by atoms with Crippen LogP contribution in [0.25, 0.3) is 5.76 Å². The van der Waals surface area contributed by atoms with Gasteiger partial charge in [0, 0.05) is 11.1 Å². The molecule has 1 saturated heterocycles. The number of carbonyl (C=O) groups excluding carboxylic acids is 2. The van der Waals surface area contributed by atoms with Crippen LogP contribution in [0, 0.1) is 6.92 Å². The highest BCUT2D eigenvalue weighted by Crippen LogP contribution is 2.42. The third-order valence-electron chi connectivity index (χ3n) is 6.23. The molecule has 0 spiro atoms. The molecule has 2 aromatic carbocycles. The van der Waals surface area contributed by atoms with Gasteiger partial charge < -0.3 is 23.9 Å². The van der Waals surface area contributed by atoms with Gasteiger partial charge in [0.15, 0.2) is 0 Å². The number of ether oxygens (including phenoxy) is 2. The summed E-state index contributed by atoms with van der Waals surface area (Å²) in [6.07, 6.45) is 0. The molecule has 0 bridgehead atoms. The molecule has 1 aromatic heterocycles. The molecule has 2 heterocycles. The fourth-order valence-electron chi connectivity index (χ4n) is 4.44. The lowest BCUT2D eigenvalue weighted by molar-refractivity contribution is -0.140. The molecule has 0 aliphatic carbocycles. The Hall–Kier alpha value is -4.00. The number of Topliss-reactive ketones (excluding diaryl/α,β-unsaturated/α-hetero) is 1. The standard InChI is InChI=1S/C28H29NO6/c1-16(2)20-14-18(11-13-22(20)34-5)26(30)24-25(23-12-10-17(3)35-23)29(28(32)27(24)31)15-19-8-6-7-9-21(19)33-4/h6-14,16,25,30H,15H2,1-5H3/b26-24+. The van der Waals surface area contributed by atoms with Crippen molar-refractivity contribution in [2.24, 2.45) is 0 Å². The number of ketones is 1. The van der Waals surface area contributed by atoms with Gasteiger partial charge >= 0.3 is 0 Å². The normalized spacial score (nSPS) is 17.3. The lowest BCUT2D eigenvalue weighted by Gasteiger charge is -2.24. The zero-order chi connectivity index (χ0) is 25.3. The van der Waals surface area contributed by atoms with E-state index >= 15 is 0 Å². The average molecular weight is 476 g/mol. The lowest BCUT2D eigenvalue weighted by Crippen LogP contribution is -2.29. The van der Waals surface area contributed by atoms with Gasteiger partial charge in [-0.05, 0) is 54.8 Å². The van der Waals surface area contributed by atoms with Crippen LogP contribution in [0.3, 0.4) is 0 Å². The number of hydrogen-bond donors (Lipinski definition) is 1. The van der Waals surface area contributed by atoms with Gasteiger partial charge in [-0.25, -0.2) is 0 Å². The fraction of sp³-hybridized carbons (Fsp3) is 0.286. The van der Waals surface area contributed by atoms with Crippen LogP contribution in [0.2, 0.25) is 0 Å². The first-order valence-corrected chi connectivity index (χ1v) is 11.4. The maximum absolute atomic E-state index is 13.3. The highest BCUT2D eigenvalue weighted by atomic mass is 16.5. The van der Waals surface area contributed by atoms with Crippen LogP contribution in [-0.2, 0) is 16.1 Å². The molecule has 4 rings (SSSR count). The van der Waals surface area contributed by atoms with E-state index in [0.29, 0.717) is 28.6 Å². The van der Waals surface area contributed by atoms with Gasteiger partial charge in [0.1, 0.15) is 34.8 Å². The molecule has 1 unspecified atom stereocenters. The molecule has 1 aliphatic heterocycles. The van der Waals surface area contributed by atoms with Gasteiger partial charge in [0.05, 0.1) is 26.3 Å². The maximum Gasteiger partial charge on any atom is 0.296 e. The quantitative estimate of drug-likeness (QED) is 0.281. The molecule has 1 aliphatic rings. The van der Waals surface area contributed by atoms with E-state index in [9.17, 15) is 14.7 Å². The topological polar surface area (TPSA) is 89.2 Å². The number of benzene rings is 2. The molecule has 0 radical (unpaired) electrons. The Morgan fingerprint density at radius 3 is 2.37 bits per heavy atom. The molecule has 1 amide bonds.